The van der Waals surface area contributed by atoms with E-state index >= 15 is 0 Å². The highest BCUT2D eigenvalue weighted by Crippen LogP contribution is 2.32. The lowest BCUT2D eigenvalue weighted by Gasteiger charge is -2.29. The van der Waals surface area contributed by atoms with Crippen LogP contribution in [0.3, 0.4) is 0 Å². The number of methoxy groups -OCH3 is 2. The van der Waals surface area contributed by atoms with Crippen LogP contribution in [0.4, 0.5) is 5.13 Å². The van der Waals surface area contributed by atoms with E-state index in [4.69, 9.17) is 19.2 Å². The number of amides is 1. The molecule has 0 atom stereocenters. The smallest absolute Gasteiger partial charge is 0.260 e. The lowest BCUT2D eigenvalue weighted by molar-refractivity contribution is 0.0391. The minimum Gasteiger partial charge on any atom is -0.497 e. The van der Waals surface area contributed by atoms with Crippen LogP contribution in [-0.4, -0.2) is 69.4 Å². The molecule has 1 aromatic heterocycles. The Morgan fingerprint density at radius 1 is 1.13 bits per heavy atom. The zero-order chi connectivity index (χ0) is 20.9. The highest BCUT2D eigenvalue weighted by molar-refractivity contribution is 7.22. The minimum atomic E-state index is -0.0896. The van der Waals surface area contributed by atoms with Gasteiger partial charge in [0.2, 0.25) is 0 Å². The molecule has 3 aromatic rings. The molecule has 0 bridgehead atoms. The summed E-state index contributed by atoms with van der Waals surface area (Å²) < 4.78 is 17.1. The summed E-state index contributed by atoms with van der Waals surface area (Å²) in [5.74, 6) is 1.31. The highest BCUT2D eigenvalue weighted by Gasteiger charge is 2.23. The molecule has 0 radical (unpaired) electrons. The van der Waals surface area contributed by atoms with Gasteiger partial charge in [0.15, 0.2) is 5.13 Å². The second kappa shape index (κ2) is 9.42. The molecule has 0 spiro atoms. The monoisotopic (exact) mass is 427 g/mol. The molecule has 1 fully saturated rings. The van der Waals surface area contributed by atoms with E-state index in [2.05, 4.69) is 4.90 Å². The third kappa shape index (κ3) is 4.56. The molecule has 4 rings (SSSR count). The normalized spacial score (nSPS) is 14.6. The second-order valence-corrected chi connectivity index (χ2v) is 7.98. The molecule has 0 saturated carbocycles. The van der Waals surface area contributed by atoms with Crippen LogP contribution >= 0.6 is 11.3 Å². The molecular weight excluding hydrogens is 402 g/mol. The molecule has 7 nitrogen and oxygen atoms in total. The molecule has 1 aliphatic rings. The van der Waals surface area contributed by atoms with E-state index in [1.807, 2.05) is 36.4 Å². The Bertz CT molecular complexity index is 1020. The Labute approximate surface area is 179 Å². The summed E-state index contributed by atoms with van der Waals surface area (Å²) >= 11 is 1.51. The third-order valence-corrected chi connectivity index (χ3v) is 6.18. The first-order valence-corrected chi connectivity index (χ1v) is 10.7. The quantitative estimate of drug-likeness (QED) is 0.577. The number of ether oxygens (including phenoxy) is 3. The number of morpholine rings is 1. The fourth-order valence-electron chi connectivity index (χ4n) is 3.40. The van der Waals surface area contributed by atoms with Crippen LogP contribution in [0.15, 0.2) is 42.5 Å². The molecule has 0 unspecified atom stereocenters. The van der Waals surface area contributed by atoms with E-state index in [-0.39, 0.29) is 5.91 Å². The van der Waals surface area contributed by atoms with Gasteiger partial charge in [0.1, 0.15) is 11.5 Å². The fourth-order valence-corrected chi connectivity index (χ4v) is 4.37. The Morgan fingerprint density at radius 3 is 2.67 bits per heavy atom. The summed E-state index contributed by atoms with van der Waals surface area (Å²) in [7, 11) is 3.23. The maximum Gasteiger partial charge on any atom is 0.260 e. The third-order valence-electron chi connectivity index (χ3n) is 5.12. The summed E-state index contributed by atoms with van der Waals surface area (Å²) in [5, 5.41) is 0.680. The van der Waals surface area contributed by atoms with E-state index in [0.717, 1.165) is 48.8 Å². The van der Waals surface area contributed by atoms with Gasteiger partial charge in [-0.25, -0.2) is 4.98 Å². The van der Waals surface area contributed by atoms with E-state index in [9.17, 15) is 4.79 Å². The van der Waals surface area contributed by atoms with Crippen molar-refractivity contribution in [2.45, 2.75) is 0 Å². The van der Waals surface area contributed by atoms with Crippen LogP contribution in [-0.2, 0) is 4.74 Å². The first-order valence-electron chi connectivity index (χ1n) is 9.88. The van der Waals surface area contributed by atoms with Gasteiger partial charge in [-0.2, -0.15) is 0 Å². The van der Waals surface area contributed by atoms with Crippen molar-refractivity contribution in [2.75, 3.05) is 58.5 Å². The van der Waals surface area contributed by atoms with Crippen molar-refractivity contribution in [3.63, 3.8) is 0 Å². The van der Waals surface area contributed by atoms with Crippen molar-refractivity contribution in [3.8, 4) is 11.5 Å². The van der Waals surface area contributed by atoms with Gasteiger partial charge in [0, 0.05) is 37.8 Å². The van der Waals surface area contributed by atoms with Crippen molar-refractivity contribution >= 4 is 32.6 Å². The van der Waals surface area contributed by atoms with Crippen molar-refractivity contribution in [1.82, 2.24) is 9.88 Å². The number of rotatable bonds is 7. The molecule has 1 aliphatic heterocycles. The van der Waals surface area contributed by atoms with Gasteiger partial charge in [0.05, 0.1) is 37.6 Å². The average Bonchev–Trinajstić information content (AvgIpc) is 3.22. The molecule has 2 aromatic carbocycles. The van der Waals surface area contributed by atoms with E-state index in [1.54, 1.807) is 25.2 Å². The van der Waals surface area contributed by atoms with E-state index < -0.39 is 0 Å². The van der Waals surface area contributed by atoms with Gasteiger partial charge in [-0.05, 0) is 30.3 Å². The summed E-state index contributed by atoms with van der Waals surface area (Å²) in [4.78, 5) is 22.3. The van der Waals surface area contributed by atoms with Gasteiger partial charge in [0.25, 0.3) is 5.91 Å². The van der Waals surface area contributed by atoms with E-state index in [0.29, 0.717) is 23.0 Å². The molecular formula is C22H25N3O4S. The Balaban J connectivity index is 1.64. The lowest BCUT2D eigenvalue weighted by Crippen LogP contribution is -2.43. The molecule has 1 amide bonds. The number of nitrogens with zero attached hydrogens (tertiary/aromatic N) is 3. The first-order chi connectivity index (χ1) is 14.7. The maximum absolute atomic E-state index is 13.5. The summed E-state index contributed by atoms with van der Waals surface area (Å²) in [6.45, 7) is 4.51. The molecule has 8 heteroatoms. The number of anilines is 1. The van der Waals surface area contributed by atoms with Crippen molar-refractivity contribution in [2.24, 2.45) is 0 Å². The predicted octanol–water partition coefficient (Wildman–Crippen LogP) is 3.29. The number of carbonyl (C=O) groups excluding carboxylic acids is 1. The number of aromatic nitrogens is 1. The summed E-state index contributed by atoms with van der Waals surface area (Å²) in [6.07, 6.45) is 0. The number of benzene rings is 2. The molecule has 0 aliphatic carbocycles. The molecule has 30 heavy (non-hydrogen) atoms. The number of thiazole rings is 1. The topological polar surface area (TPSA) is 64.1 Å². The standard InChI is InChI=1S/C22H25N3O4S/c1-27-17-5-3-4-16(14-17)21(26)25(9-8-24-10-12-29-13-11-24)22-23-19-15-18(28-2)6-7-20(19)30-22/h3-7,14-15H,8-13H2,1-2H3. The number of carbonyl (C=O) groups is 1. The summed E-state index contributed by atoms with van der Waals surface area (Å²) in [6, 6.07) is 13.0. The van der Waals surface area contributed by atoms with Crippen LogP contribution in [0.5, 0.6) is 11.5 Å². The van der Waals surface area contributed by atoms with Crippen molar-refractivity contribution in [3.05, 3.63) is 48.0 Å². The van der Waals surface area contributed by atoms with Crippen LogP contribution in [0.2, 0.25) is 0 Å². The number of fused-ring (bicyclic) bond motifs is 1. The largest absolute Gasteiger partial charge is 0.497 e. The van der Waals surface area contributed by atoms with Gasteiger partial charge in [-0.3, -0.25) is 14.6 Å². The van der Waals surface area contributed by atoms with Crippen LogP contribution < -0.4 is 14.4 Å². The van der Waals surface area contributed by atoms with Crippen LogP contribution in [0.25, 0.3) is 10.2 Å². The maximum atomic E-state index is 13.5. The van der Waals surface area contributed by atoms with Crippen molar-refractivity contribution in [1.29, 1.82) is 0 Å². The van der Waals surface area contributed by atoms with E-state index in [1.165, 1.54) is 11.3 Å². The van der Waals surface area contributed by atoms with Crippen molar-refractivity contribution < 1.29 is 19.0 Å². The SMILES string of the molecule is COc1cccc(C(=O)N(CCN2CCOCC2)c2nc3cc(OC)ccc3s2)c1. The zero-order valence-corrected chi connectivity index (χ0v) is 18.0. The fraction of sp³-hybridized carbons (Fsp3) is 0.364. The summed E-state index contributed by atoms with van der Waals surface area (Å²) in [5.41, 5.74) is 1.40. The second-order valence-electron chi connectivity index (χ2n) is 6.97. The van der Waals surface area contributed by atoms with Gasteiger partial charge in [-0.15, -0.1) is 0 Å². The zero-order valence-electron chi connectivity index (χ0n) is 17.2. The van der Waals surface area contributed by atoms with Crippen LogP contribution in [0, 0.1) is 0 Å². The van der Waals surface area contributed by atoms with Gasteiger partial charge >= 0.3 is 0 Å². The number of hydrogen-bond donors (Lipinski definition) is 0. The van der Waals surface area contributed by atoms with Crippen LogP contribution in [0.1, 0.15) is 10.4 Å². The molecule has 2 heterocycles. The highest BCUT2D eigenvalue weighted by atomic mass is 32.1. The Morgan fingerprint density at radius 2 is 1.90 bits per heavy atom. The molecule has 1 saturated heterocycles. The predicted molar refractivity (Wildman–Crippen MR) is 118 cm³/mol. The number of hydrogen-bond acceptors (Lipinski definition) is 7. The Hall–Kier alpha value is -2.68. The average molecular weight is 428 g/mol. The minimum absolute atomic E-state index is 0.0896. The molecule has 0 N–H and O–H groups in total. The van der Waals surface area contributed by atoms with Gasteiger partial charge in [-0.1, -0.05) is 17.4 Å². The first kappa shape index (κ1) is 20.6. The Kier molecular flexibility index (Phi) is 6.47. The lowest BCUT2D eigenvalue weighted by atomic mass is 10.2. The van der Waals surface area contributed by atoms with Gasteiger partial charge < -0.3 is 14.2 Å². The molecule has 158 valence electrons.